The number of rotatable bonds is 2. The average molecular weight is 605 g/mol. The molecule has 5 aromatic carbocycles. The zero-order valence-corrected chi connectivity index (χ0v) is 28.5. The molecule has 0 unspecified atom stereocenters. The van der Waals surface area contributed by atoms with Gasteiger partial charge in [0.2, 0.25) is 0 Å². The van der Waals surface area contributed by atoms with Crippen molar-refractivity contribution in [2.24, 2.45) is 0 Å². The third kappa shape index (κ3) is 4.27. The van der Waals surface area contributed by atoms with Gasteiger partial charge < -0.3 is 9.13 Å². The van der Waals surface area contributed by atoms with Crippen molar-refractivity contribution in [3.05, 3.63) is 137 Å². The van der Waals surface area contributed by atoms with E-state index in [0.29, 0.717) is 21.5 Å². The quantitative estimate of drug-likeness (QED) is 0.184. The Morgan fingerprint density at radius 1 is 0.348 bits per heavy atom. The zero-order valence-electron chi connectivity index (χ0n) is 28.5. The molecule has 2 aromatic heterocycles. The predicted molar refractivity (Wildman–Crippen MR) is 195 cm³/mol. The van der Waals surface area contributed by atoms with E-state index in [4.69, 9.17) is 0 Å². The van der Waals surface area contributed by atoms with Gasteiger partial charge in [-0.3, -0.25) is 9.59 Å². The summed E-state index contributed by atoms with van der Waals surface area (Å²) >= 11 is 0. The molecule has 0 radical (unpaired) electrons. The average Bonchev–Trinajstić information content (AvgIpc) is 2.95. The normalized spacial score (nSPS) is 11.9. The molecule has 4 heteroatoms. The van der Waals surface area contributed by atoms with E-state index in [2.05, 4.69) is 107 Å². The maximum Gasteiger partial charge on any atom is 0.197 e. The molecule has 0 aliphatic carbocycles. The van der Waals surface area contributed by atoms with Crippen LogP contribution in [0.5, 0.6) is 0 Å². The minimum Gasteiger partial charge on any atom is -0.308 e. The highest BCUT2D eigenvalue weighted by atomic mass is 16.1. The Bertz CT molecular complexity index is 2390. The van der Waals surface area contributed by atoms with Gasteiger partial charge in [0.1, 0.15) is 0 Å². The Morgan fingerprint density at radius 3 is 1.00 bits per heavy atom. The van der Waals surface area contributed by atoms with E-state index in [0.717, 1.165) is 77.9 Å². The first-order valence-electron chi connectivity index (χ1n) is 16.0. The lowest BCUT2D eigenvalue weighted by molar-refractivity contribution is 1.08. The number of hydrogen-bond donors (Lipinski definition) is 0. The summed E-state index contributed by atoms with van der Waals surface area (Å²) in [5.74, 6) is 0. The molecule has 0 amide bonds. The minimum atomic E-state index is -0.0495. The number of nitrogens with zero attached hydrogens (tertiary/aromatic N) is 2. The molecule has 230 valence electrons. The van der Waals surface area contributed by atoms with E-state index < -0.39 is 0 Å². The van der Waals surface area contributed by atoms with Gasteiger partial charge in [0, 0.05) is 21.5 Å². The van der Waals surface area contributed by atoms with Crippen molar-refractivity contribution >= 4 is 43.6 Å². The SMILES string of the molecule is Cc1cc(C)c(-n2c3cc4c(cc3c(=O)c3cc(C)cc(C)c32)c(=O)c2cc(C)cc(C)c2n4-c2c(C)cc(C)cc2C)c(C)c1. The van der Waals surface area contributed by atoms with Crippen molar-refractivity contribution in [3.63, 3.8) is 0 Å². The summed E-state index contributed by atoms with van der Waals surface area (Å²) in [7, 11) is 0. The number of aromatic nitrogens is 2. The molecule has 7 aromatic rings. The standard InChI is InChI=1S/C42H40N2O2/c1-21-11-25(5)37(26(6)12-21)43-35-20-36-32(19-31(35)41(45)33-17-23(3)15-29(9)39(33)43)42(46)34-18-24(4)16-30(10)40(34)44(36)38-27(7)13-22(2)14-28(38)8/h11-20H,1-10H3. The zero-order chi connectivity index (χ0) is 32.9. The molecule has 7 rings (SSSR count). The summed E-state index contributed by atoms with van der Waals surface area (Å²) in [6.45, 7) is 21.1. The highest BCUT2D eigenvalue weighted by Crippen LogP contribution is 2.36. The summed E-state index contributed by atoms with van der Waals surface area (Å²) in [4.78, 5) is 29.0. The van der Waals surface area contributed by atoms with Crippen LogP contribution in [0.1, 0.15) is 55.6 Å². The third-order valence-corrected chi connectivity index (χ3v) is 9.63. The molecule has 0 bridgehead atoms. The van der Waals surface area contributed by atoms with Crippen LogP contribution < -0.4 is 10.9 Å². The van der Waals surface area contributed by atoms with Gasteiger partial charge in [0.25, 0.3) is 0 Å². The van der Waals surface area contributed by atoms with E-state index >= 15 is 0 Å². The van der Waals surface area contributed by atoms with Crippen LogP contribution in [-0.2, 0) is 0 Å². The lowest BCUT2D eigenvalue weighted by Gasteiger charge is -2.24. The van der Waals surface area contributed by atoms with Gasteiger partial charge in [-0.05, 0) is 138 Å². The number of aryl methyl sites for hydroxylation is 10. The van der Waals surface area contributed by atoms with Crippen LogP contribution in [0.2, 0.25) is 0 Å². The molecule has 46 heavy (non-hydrogen) atoms. The summed E-state index contributed by atoms with van der Waals surface area (Å²) in [6.07, 6.45) is 0. The Balaban J connectivity index is 1.84. The van der Waals surface area contributed by atoms with Gasteiger partial charge in [-0.25, -0.2) is 0 Å². The van der Waals surface area contributed by atoms with Gasteiger partial charge in [-0.2, -0.15) is 0 Å². The Labute approximate surface area is 269 Å². The van der Waals surface area contributed by atoms with Gasteiger partial charge >= 0.3 is 0 Å². The Morgan fingerprint density at radius 2 is 0.652 bits per heavy atom. The highest BCUT2D eigenvalue weighted by molar-refractivity contribution is 6.06. The minimum absolute atomic E-state index is 0.0495. The summed E-state index contributed by atoms with van der Waals surface area (Å²) in [5, 5.41) is 2.44. The largest absolute Gasteiger partial charge is 0.308 e. The van der Waals surface area contributed by atoms with Gasteiger partial charge in [-0.1, -0.05) is 47.5 Å². The summed E-state index contributed by atoms with van der Waals surface area (Å²) in [5.41, 5.74) is 16.5. The summed E-state index contributed by atoms with van der Waals surface area (Å²) < 4.78 is 4.56. The second-order valence-corrected chi connectivity index (χ2v) is 13.7. The number of benzene rings is 5. The predicted octanol–water partition coefficient (Wildman–Crippen LogP) is 9.69. The van der Waals surface area contributed by atoms with Crippen LogP contribution in [0.15, 0.2) is 70.3 Å². The lowest BCUT2D eigenvalue weighted by atomic mass is 9.97. The van der Waals surface area contributed by atoms with Crippen molar-refractivity contribution < 1.29 is 0 Å². The van der Waals surface area contributed by atoms with Crippen LogP contribution >= 0.6 is 0 Å². The van der Waals surface area contributed by atoms with Crippen molar-refractivity contribution in [1.29, 1.82) is 0 Å². The van der Waals surface area contributed by atoms with Crippen molar-refractivity contribution in [2.75, 3.05) is 0 Å². The molecule has 0 fully saturated rings. The van der Waals surface area contributed by atoms with E-state index in [-0.39, 0.29) is 10.9 Å². The van der Waals surface area contributed by atoms with Gasteiger partial charge in [0.05, 0.1) is 33.4 Å². The van der Waals surface area contributed by atoms with Crippen LogP contribution in [0, 0.1) is 69.2 Å². The van der Waals surface area contributed by atoms with E-state index in [1.165, 1.54) is 11.1 Å². The van der Waals surface area contributed by atoms with Gasteiger partial charge in [-0.15, -0.1) is 0 Å². The Kier molecular flexibility index (Phi) is 6.65. The van der Waals surface area contributed by atoms with E-state index in [1.54, 1.807) is 0 Å². The van der Waals surface area contributed by atoms with Crippen molar-refractivity contribution in [2.45, 2.75) is 69.2 Å². The lowest BCUT2D eigenvalue weighted by Crippen LogP contribution is -2.17. The first-order chi connectivity index (χ1) is 21.8. The van der Waals surface area contributed by atoms with Crippen LogP contribution in [0.3, 0.4) is 0 Å². The smallest absolute Gasteiger partial charge is 0.197 e. The van der Waals surface area contributed by atoms with E-state index in [9.17, 15) is 9.59 Å². The maximum atomic E-state index is 14.5. The molecule has 0 atom stereocenters. The second-order valence-electron chi connectivity index (χ2n) is 13.7. The third-order valence-electron chi connectivity index (χ3n) is 9.63. The van der Waals surface area contributed by atoms with E-state index in [1.807, 2.05) is 32.0 Å². The highest BCUT2D eigenvalue weighted by Gasteiger charge is 2.23. The fourth-order valence-electron chi connectivity index (χ4n) is 8.22. The maximum absolute atomic E-state index is 14.5. The molecule has 0 aliphatic heterocycles. The van der Waals surface area contributed by atoms with Gasteiger partial charge in [0.15, 0.2) is 10.9 Å². The van der Waals surface area contributed by atoms with Crippen LogP contribution in [-0.4, -0.2) is 9.13 Å². The first kappa shape index (κ1) is 29.7. The molecule has 0 saturated heterocycles. The topological polar surface area (TPSA) is 44.0 Å². The van der Waals surface area contributed by atoms with Crippen LogP contribution in [0.4, 0.5) is 0 Å². The first-order valence-corrected chi connectivity index (χ1v) is 16.0. The van der Waals surface area contributed by atoms with Crippen molar-refractivity contribution in [3.8, 4) is 11.4 Å². The molecule has 4 nitrogen and oxygen atoms in total. The fraction of sp³-hybridized carbons (Fsp3) is 0.238. The number of hydrogen-bond acceptors (Lipinski definition) is 2. The molecule has 0 saturated carbocycles. The molecule has 2 heterocycles. The monoisotopic (exact) mass is 604 g/mol. The summed E-state index contributed by atoms with van der Waals surface area (Å²) in [6, 6.07) is 21.1. The number of fused-ring (bicyclic) bond motifs is 4. The molecule has 0 aliphatic rings. The molecule has 0 spiro atoms. The molecular weight excluding hydrogens is 564 g/mol. The molecular formula is C42H40N2O2. The van der Waals surface area contributed by atoms with Crippen molar-refractivity contribution in [1.82, 2.24) is 9.13 Å². The molecule has 0 N–H and O–H groups in total. The number of pyridine rings is 2. The Hall–Kier alpha value is -4.96. The second kappa shape index (κ2) is 10.3. The fourth-order valence-corrected chi connectivity index (χ4v) is 8.22. The van der Waals surface area contributed by atoms with Crippen LogP contribution in [0.25, 0.3) is 55.0 Å².